The summed E-state index contributed by atoms with van der Waals surface area (Å²) in [6.45, 7) is 4.55. The number of nitrogens with one attached hydrogen (secondary N) is 1. The number of nitrogens with two attached hydrogens (primary N) is 1. The van der Waals surface area contributed by atoms with E-state index in [1.54, 1.807) is 13.8 Å². The molecule has 1 heterocycles. The molecule has 4 N–H and O–H groups in total. The zero-order valence-corrected chi connectivity index (χ0v) is 11.0. The third-order valence-electron chi connectivity index (χ3n) is 2.32. The van der Waals surface area contributed by atoms with E-state index in [4.69, 9.17) is 10.8 Å². The van der Waals surface area contributed by atoms with Crippen LogP contribution < -0.4 is 10.5 Å². The molecule has 0 amide bonds. The van der Waals surface area contributed by atoms with Crippen LogP contribution in [-0.4, -0.2) is 30.7 Å². The van der Waals surface area contributed by atoms with Gasteiger partial charge in [-0.3, -0.25) is 4.79 Å². The van der Waals surface area contributed by atoms with Gasteiger partial charge < -0.3 is 15.4 Å². The summed E-state index contributed by atoms with van der Waals surface area (Å²) in [5, 5.41) is 12.3. The molecule has 0 saturated carbocycles. The Bertz CT molecular complexity index is 529. The van der Waals surface area contributed by atoms with Crippen molar-refractivity contribution in [1.82, 2.24) is 9.88 Å². The average Bonchev–Trinajstić information content (AvgIpc) is 2.54. The first kappa shape index (κ1) is 14.5. The summed E-state index contributed by atoms with van der Waals surface area (Å²) < 4.78 is 30.7. The number of carboxylic acids is 1. The van der Waals surface area contributed by atoms with Crippen molar-refractivity contribution in [3.63, 3.8) is 0 Å². The number of aliphatic carboxylic acids is 1. The molecule has 0 aliphatic rings. The highest BCUT2D eigenvalue weighted by Crippen LogP contribution is 2.22. The van der Waals surface area contributed by atoms with Crippen molar-refractivity contribution in [2.75, 3.05) is 5.73 Å². The number of rotatable bonds is 5. The summed E-state index contributed by atoms with van der Waals surface area (Å²) in [7, 11) is -4.08. The van der Waals surface area contributed by atoms with Gasteiger partial charge in [0.1, 0.15) is 6.04 Å². The number of carboxylic acid groups (broad SMARTS) is 1. The molecular weight excluding hydrogens is 262 g/mol. The lowest BCUT2D eigenvalue weighted by Gasteiger charge is -2.17. The van der Waals surface area contributed by atoms with Gasteiger partial charge in [0.15, 0.2) is 16.5 Å². The van der Waals surface area contributed by atoms with Gasteiger partial charge in [0, 0.05) is 0 Å². The number of nitrogen functional groups attached to an aromatic ring is 1. The Kier molecular flexibility index (Phi) is 3.97. The summed E-state index contributed by atoms with van der Waals surface area (Å²) in [4.78, 5) is 10.6. The highest BCUT2D eigenvalue weighted by molar-refractivity contribution is 7.89. The van der Waals surface area contributed by atoms with E-state index < -0.39 is 28.0 Å². The second-order valence-electron chi connectivity index (χ2n) is 4.13. The van der Waals surface area contributed by atoms with Gasteiger partial charge in [-0.2, -0.15) is 4.72 Å². The molecule has 0 saturated heterocycles. The third-order valence-corrected chi connectivity index (χ3v) is 3.92. The van der Waals surface area contributed by atoms with Crippen molar-refractivity contribution in [3.05, 3.63) is 5.76 Å². The predicted molar refractivity (Wildman–Crippen MR) is 62.2 cm³/mol. The van der Waals surface area contributed by atoms with Crippen LogP contribution >= 0.6 is 0 Å². The lowest BCUT2D eigenvalue weighted by atomic mass is 10.1. The highest BCUT2D eigenvalue weighted by atomic mass is 32.2. The van der Waals surface area contributed by atoms with Gasteiger partial charge in [0.25, 0.3) is 0 Å². The molecule has 1 aromatic heterocycles. The van der Waals surface area contributed by atoms with Crippen LogP contribution in [0.2, 0.25) is 0 Å². The van der Waals surface area contributed by atoms with E-state index in [1.165, 1.54) is 6.92 Å². The van der Waals surface area contributed by atoms with Gasteiger partial charge in [-0.05, 0) is 12.8 Å². The molecule has 0 unspecified atom stereocenters. The van der Waals surface area contributed by atoms with Gasteiger partial charge in [0.2, 0.25) is 10.0 Å². The van der Waals surface area contributed by atoms with Crippen LogP contribution in [0.15, 0.2) is 9.42 Å². The summed E-state index contributed by atoms with van der Waals surface area (Å²) in [5.74, 6) is -1.97. The van der Waals surface area contributed by atoms with E-state index >= 15 is 0 Å². The summed E-state index contributed by atoms with van der Waals surface area (Å²) in [5.41, 5.74) is 5.38. The van der Waals surface area contributed by atoms with Gasteiger partial charge in [0.05, 0.1) is 0 Å². The van der Waals surface area contributed by atoms with Crippen molar-refractivity contribution in [1.29, 1.82) is 0 Å². The number of carbonyl (C=O) groups is 1. The maximum atomic E-state index is 12.0. The van der Waals surface area contributed by atoms with E-state index in [9.17, 15) is 13.2 Å². The Morgan fingerprint density at radius 1 is 1.50 bits per heavy atom. The zero-order valence-electron chi connectivity index (χ0n) is 10.2. The van der Waals surface area contributed by atoms with E-state index in [2.05, 4.69) is 14.4 Å². The molecule has 0 aliphatic heterocycles. The van der Waals surface area contributed by atoms with Crippen LogP contribution in [0.4, 0.5) is 5.82 Å². The van der Waals surface area contributed by atoms with Crippen molar-refractivity contribution in [2.45, 2.75) is 31.7 Å². The number of hydrogen-bond acceptors (Lipinski definition) is 6. The molecule has 8 nitrogen and oxygen atoms in total. The summed E-state index contributed by atoms with van der Waals surface area (Å²) >= 11 is 0. The fraction of sp³-hybridized carbons (Fsp3) is 0.556. The standard InChI is InChI=1S/C9H15N3O5S/c1-4(2)6(9(13)14)12-18(15,16)7-5(3)17-11-8(7)10/h4,6,12H,1-3H3,(H2,10,11)(H,13,14)/t6-/m0/s1. The van der Waals surface area contributed by atoms with E-state index in [1.807, 2.05) is 0 Å². The highest BCUT2D eigenvalue weighted by Gasteiger charge is 2.32. The lowest BCUT2D eigenvalue weighted by molar-refractivity contribution is -0.140. The molecule has 0 aliphatic carbocycles. The van der Waals surface area contributed by atoms with E-state index in [0.717, 1.165) is 0 Å². The minimum absolute atomic E-state index is 0.00731. The van der Waals surface area contributed by atoms with E-state index in [-0.39, 0.29) is 16.5 Å². The smallest absolute Gasteiger partial charge is 0.322 e. The number of anilines is 1. The number of nitrogens with zero attached hydrogens (tertiary/aromatic N) is 1. The fourth-order valence-corrected chi connectivity index (χ4v) is 2.96. The van der Waals surface area contributed by atoms with E-state index in [0.29, 0.717) is 0 Å². The lowest BCUT2D eigenvalue weighted by Crippen LogP contribution is -2.44. The maximum Gasteiger partial charge on any atom is 0.322 e. The molecular formula is C9H15N3O5S. The van der Waals surface area contributed by atoms with Crippen LogP contribution in [0.1, 0.15) is 19.6 Å². The SMILES string of the molecule is Cc1onc(N)c1S(=O)(=O)N[C@H](C(=O)O)C(C)C. The molecule has 0 spiro atoms. The molecule has 0 fully saturated rings. The summed E-state index contributed by atoms with van der Waals surface area (Å²) in [6.07, 6.45) is 0. The van der Waals surface area contributed by atoms with Crippen LogP contribution in [0.5, 0.6) is 0 Å². The minimum Gasteiger partial charge on any atom is -0.480 e. The van der Waals surface area contributed by atoms with Crippen LogP contribution in [0, 0.1) is 12.8 Å². The van der Waals surface area contributed by atoms with Gasteiger partial charge >= 0.3 is 5.97 Å². The third kappa shape index (κ3) is 2.79. The molecule has 9 heteroatoms. The Labute approximate surface area is 104 Å². The first-order valence-electron chi connectivity index (χ1n) is 5.13. The normalized spacial score (nSPS) is 13.8. The molecule has 1 rings (SSSR count). The molecule has 0 aromatic carbocycles. The topological polar surface area (TPSA) is 136 Å². The molecule has 0 bridgehead atoms. The number of sulfonamides is 1. The largest absolute Gasteiger partial charge is 0.480 e. The fourth-order valence-electron chi connectivity index (χ4n) is 1.41. The van der Waals surface area contributed by atoms with Crippen LogP contribution in [0.25, 0.3) is 0 Å². The van der Waals surface area contributed by atoms with Gasteiger partial charge in [-0.25, -0.2) is 8.42 Å². The number of aryl methyl sites for hydroxylation is 1. The van der Waals surface area contributed by atoms with Crippen molar-refractivity contribution < 1.29 is 22.8 Å². The number of aromatic nitrogens is 1. The Morgan fingerprint density at radius 3 is 2.39 bits per heavy atom. The maximum absolute atomic E-state index is 12.0. The van der Waals surface area contributed by atoms with Crippen molar-refractivity contribution >= 4 is 21.8 Å². The Morgan fingerprint density at radius 2 is 2.06 bits per heavy atom. The monoisotopic (exact) mass is 277 g/mol. The van der Waals surface area contributed by atoms with Crippen LogP contribution in [0.3, 0.4) is 0 Å². The zero-order chi connectivity index (χ0) is 14.1. The van der Waals surface area contributed by atoms with Crippen LogP contribution in [-0.2, 0) is 14.8 Å². The van der Waals surface area contributed by atoms with Crippen molar-refractivity contribution in [2.24, 2.45) is 5.92 Å². The Hall–Kier alpha value is -1.61. The first-order chi connectivity index (χ1) is 8.16. The van der Waals surface area contributed by atoms with Gasteiger partial charge in [-0.1, -0.05) is 19.0 Å². The predicted octanol–water partition coefficient (Wildman–Crippen LogP) is -0.0473. The molecule has 1 atom stereocenters. The van der Waals surface area contributed by atoms with Gasteiger partial charge in [-0.15, -0.1) is 0 Å². The molecule has 102 valence electrons. The average molecular weight is 277 g/mol. The Balaban J connectivity index is 3.13. The quantitative estimate of drug-likeness (QED) is 0.686. The first-order valence-corrected chi connectivity index (χ1v) is 6.62. The second kappa shape index (κ2) is 4.94. The van der Waals surface area contributed by atoms with Crippen molar-refractivity contribution in [3.8, 4) is 0 Å². The molecule has 1 aromatic rings. The molecule has 18 heavy (non-hydrogen) atoms. The molecule has 0 radical (unpaired) electrons. The second-order valence-corrected chi connectivity index (χ2v) is 5.79. The summed E-state index contributed by atoms with van der Waals surface area (Å²) in [6, 6.07) is -1.25. The number of hydrogen-bond donors (Lipinski definition) is 3. The minimum atomic E-state index is -4.08.